The molecule has 6 heteroatoms. The Hall–Kier alpha value is -1.43. The van der Waals surface area contributed by atoms with Crippen LogP contribution in [0.5, 0.6) is 0 Å². The predicted molar refractivity (Wildman–Crippen MR) is 59.2 cm³/mol. The summed E-state index contributed by atoms with van der Waals surface area (Å²) in [5.74, 6) is 0. The van der Waals surface area contributed by atoms with E-state index in [-0.39, 0.29) is 5.69 Å². The van der Waals surface area contributed by atoms with Gasteiger partial charge in [-0.2, -0.15) is 5.10 Å². The first-order chi connectivity index (χ1) is 7.70. The van der Waals surface area contributed by atoms with Gasteiger partial charge in [0.05, 0.1) is 11.0 Å². The maximum atomic E-state index is 10.5. The maximum Gasteiger partial charge on any atom is 0.307 e. The number of nitrogens with one attached hydrogen (secondary N) is 1. The fraction of sp³-hybridized carbons (Fsp3) is 0.700. The Morgan fingerprint density at radius 3 is 2.69 bits per heavy atom. The topological polar surface area (TPSA) is 73.0 Å². The van der Waals surface area contributed by atoms with E-state index in [1.54, 1.807) is 4.68 Å². The van der Waals surface area contributed by atoms with E-state index in [1.165, 1.54) is 12.4 Å². The molecular weight excluding hydrogens is 208 g/mol. The highest BCUT2D eigenvalue weighted by atomic mass is 16.6. The van der Waals surface area contributed by atoms with Crippen molar-refractivity contribution in [1.29, 1.82) is 0 Å². The average molecular weight is 224 g/mol. The summed E-state index contributed by atoms with van der Waals surface area (Å²) in [7, 11) is 1.98. The lowest BCUT2D eigenvalue weighted by molar-refractivity contribution is -0.385. The van der Waals surface area contributed by atoms with E-state index in [2.05, 4.69) is 10.4 Å². The fourth-order valence-electron chi connectivity index (χ4n) is 2.25. The first kappa shape index (κ1) is 11.1. The smallest absolute Gasteiger partial charge is 0.307 e. The first-order valence-corrected chi connectivity index (χ1v) is 5.56. The van der Waals surface area contributed by atoms with Gasteiger partial charge in [-0.1, -0.05) is 0 Å². The second-order valence-electron chi connectivity index (χ2n) is 4.23. The summed E-state index contributed by atoms with van der Waals surface area (Å²) in [5.41, 5.74) is 0.0794. The van der Waals surface area contributed by atoms with Gasteiger partial charge in [0.1, 0.15) is 12.4 Å². The Labute approximate surface area is 93.8 Å². The van der Waals surface area contributed by atoms with Crippen LogP contribution in [-0.4, -0.2) is 27.8 Å². The van der Waals surface area contributed by atoms with Crippen LogP contribution in [0.15, 0.2) is 12.4 Å². The van der Waals surface area contributed by atoms with Crippen LogP contribution in [0.3, 0.4) is 0 Å². The van der Waals surface area contributed by atoms with Crippen molar-refractivity contribution in [1.82, 2.24) is 15.1 Å². The van der Waals surface area contributed by atoms with E-state index in [0.717, 1.165) is 25.7 Å². The lowest BCUT2D eigenvalue weighted by Gasteiger charge is -2.28. The van der Waals surface area contributed by atoms with Crippen LogP contribution in [0, 0.1) is 10.1 Å². The summed E-state index contributed by atoms with van der Waals surface area (Å²) in [5, 5.41) is 17.9. The van der Waals surface area contributed by atoms with Crippen molar-refractivity contribution in [2.45, 2.75) is 37.8 Å². The number of nitro groups is 1. The quantitative estimate of drug-likeness (QED) is 0.623. The van der Waals surface area contributed by atoms with Gasteiger partial charge in [-0.05, 0) is 32.7 Å². The van der Waals surface area contributed by atoms with Gasteiger partial charge in [-0.25, -0.2) is 0 Å². The molecular formula is C10H16N4O2. The Balaban J connectivity index is 2.00. The molecule has 1 fully saturated rings. The second-order valence-corrected chi connectivity index (χ2v) is 4.23. The first-order valence-electron chi connectivity index (χ1n) is 5.56. The third-order valence-electron chi connectivity index (χ3n) is 3.28. The third-order valence-corrected chi connectivity index (χ3v) is 3.28. The van der Waals surface area contributed by atoms with Gasteiger partial charge in [0, 0.05) is 6.04 Å². The van der Waals surface area contributed by atoms with Crippen LogP contribution < -0.4 is 5.32 Å². The van der Waals surface area contributed by atoms with Crippen LogP contribution in [-0.2, 0) is 0 Å². The molecule has 0 aliphatic heterocycles. The van der Waals surface area contributed by atoms with Gasteiger partial charge in [-0.15, -0.1) is 0 Å². The van der Waals surface area contributed by atoms with Gasteiger partial charge in [0.15, 0.2) is 0 Å². The van der Waals surface area contributed by atoms with Crippen LogP contribution in [0.4, 0.5) is 5.69 Å². The summed E-state index contributed by atoms with van der Waals surface area (Å²) >= 11 is 0. The van der Waals surface area contributed by atoms with Crippen molar-refractivity contribution in [3.8, 4) is 0 Å². The molecule has 0 spiro atoms. The van der Waals surface area contributed by atoms with Crippen LogP contribution in [0.2, 0.25) is 0 Å². The second kappa shape index (κ2) is 4.61. The van der Waals surface area contributed by atoms with Crippen molar-refractivity contribution in [2.75, 3.05) is 7.05 Å². The van der Waals surface area contributed by atoms with Gasteiger partial charge >= 0.3 is 5.69 Å². The molecule has 1 saturated carbocycles. The van der Waals surface area contributed by atoms with Crippen molar-refractivity contribution in [3.63, 3.8) is 0 Å². The number of rotatable bonds is 3. The normalized spacial score (nSPS) is 25.6. The zero-order valence-electron chi connectivity index (χ0n) is 9.30. The standard InChI is InChI=1S/C10H16N4O2/c1-11-8-2-4-9(5-3-8)13-7-10(6-12-13)14(15)16/h6-9,11H,2-5H2,1H3. The molecule has 0 amide bonds. The molecule has 1 N–H and O–H groups in total. The van der Waals surface area contributed by atoms with Crippen molar-refractivity contribution >= 4 is 5.69 Å². The zero-order valence-corrected chi connectivity index (χ0v) is 9.30. The SMILES string of the molecule is CNC1CCC(n2cc([N+](=O)[O-])cn2)CC1. The molecule has 0 aromatic carbocycles. The van der Waals surface area contributed by atoms with Gasteiger partial charge in [0.25, 0.3) is 0 Å². The molecule has 1 aliphatic carbocycles. The van der Waals surface area contributed by atoms with E-state index in [1.807, 2.05) is 7.05 Å². The van der Waals surface area contributed by atoms with Gasteiger partial charge in [-0.3, -0.25) is 14.8 Å². The number of aromatic nitrogens is 2. The molecule has 1 aliphatic rings. The Bertz CT molecular complexity index is 369. The molecule has 1 heterocycles. The van der Waals surface area contributed by atoms with E-state index < -0.39 is 4.92 Å². The third kappa shape index (κ3) is 2.21. The van der Waals surface area contributed by atoms with E-state index in [9.17, 15) is 10.1 Å². The van der Waals surface area contributed by atoms with Gasteiger partial charge < -0.3 is 5.32 Å². The Morgan fingerprint density at radius 1 is 1.50 bits per heavy atom. The fourth-order valence-corrected chi connectivity index (χ4v) is 2.25. The highest BCUT2D eigenvalue weighted by Gasteiger charge is 2.23. The van der Waals surface area contributed by atoms with Crippen LogP contribution in [0.25, 0.3) is 0 Å². The Kier molecular flexibility index (Phi) is 3.19. The van der Waals surface area contributed by atoms with Crippen molar-refractivity contribution in [2.24, 2.45) is 0 Å². The van der Waals surface area contributed by atoms with E-state index in [0.29, 0.717) is 12.1 Å². The number of hydrogen-bond acceptors (Lipinski definition) is 4. The Morgan fingerprint density at radius 2 is 2.19 bits per heavy atom. The highest BCUT2D eigenvalue weighted by Crippen LogP contribution is 2.28. The monoisotopic (exact) mass is 224 g/mol. The highest BCUT2D eigenvalue weighted by molar-refractivity contribution is 5.21. The number of hydrogen-bond donors (Lipinski definition) is 1. The molecule has 2 rings (SSSR count). The summed E-state index contributed by atoms with van der Waals surface area (Å²) in [6.45, 7) is 0. The molecule has 6 nitrogen and oxygen atoms in total. The molecule has 0 atom stereocenters. The summed E-state index contributed by atoms with van der Waals surface area (Å²) in [4.78, 5) is 10.1. The summed E-state index contributed by atoms with van der Waals surface area (Å²) in [6.07, 6.45) is 7.13. The van der Waals surface area contributed by atoms with Crippen LogP contribution >= 0.6 is 0 Å². The van der Waals surface area contributed by atoms with Crippen molar-refractivity contribution < 1.29 is 4.92 Å². The average Bonchev–Trinajstić information content (AvgIpc) is 2.78. The maximum absolute atomic E-state index is 10.5. The summed E-state index contributed by atoms with van der Waals surface area (Å²) in [6, 6.07) is 0.903. The molecule has 0 saturated heterocycles. The van der Waals surface area contributed by atoms with Crippen molar-refractivity contribution in [3.05, 3.63) is 22.5 Å². The molecule has 0 radical (unpaired) electrons. The molecule has 0 unspecified atom stereocenters. The van der Waals surface area contributed by atoms with Crippen LogP contribution in [0.1, 0.15) is 31.7 Å². The predicted octanol–water partition coefficient (Wildman–Crippen LogP) is 1.49. The largest absolute Gasteiger partial charge is 0.317 e. The van der Waals surface area contributed by atoms with E-state index in [4.69, 9.17) is 0 Å². The summed E-state index contributed by atoms with van der Waals surface area (Å²) < 4.78 is 1.74. The minimum absolute atomic E-state index is 0.0794. The molecule has 88 valence electrons. The van der Waals surface area contributed by atoms with E-state index >= 15 is 0 Å². The number of nitrogens with zero attached hydrogens (tertiary/aromatic N) is 3. The molecule has 1 aromatic rings. The van der Waals surface area contributed by atoms with Gasteiger partial charge in [0.2, 0.25) is 0 Å². The molecule has 16 heavy (non-hydrogen) atoms. The molecule has 1 aromatic heterocycles. The minimum atomic E-state index is -0.400. The lowest BCUT2D eigenvalue weighted by atomic mass is 9.91. The molecule has 0 bridgehead atoms. The minimum Gasteiger partial charge on any atom is -0.317 e. The lowest BCUT2D eigenvalue weighted by Crippen LogP contribution is -2.31. The zero-order chi connectivity index (χ0) is 11.5.